The summed E-state index contributed by atoms with van der Waals surface area (Å²) in [6.45, 7) is 5.15. The van der Waals surface area contributed by atoms with Crippen LogP contribution < -0.4 is 5.32 Å². The lowest BCUT2D eigenvalue weighted by Crippen LogP contribution is -2.29. The van der Waals surface area contributed by atoms with E-state index in [-0.39, 0.29) is 0 Å². The number of amides is 1. The summed E-state index contributed by atoms with van der Waals surface area (Å²) in [4.78, 5) is 24.1. The number of aromatic nitrogens is 2. The zero-order valence-corrected chi connectivity index (χ0v) is 15.3. The summed E-state index contributed by atoms with van der Waals surface area (Å²) in [5, 5.41) is 7.50. The Balaban J connectivity index is 1.96. The van der Waals surface area contributed by atoms with Crippen molar-refractivity contribution in [2.24, 2.45) is 7.05 Å². The highest BCUT2D eigenvalue weighted by Gasteiger charge is 2.20. The molecule has 1 aromatic heterocycles. The van der Waals surface area contributed by atoms with Gasteiger partial charge in [0.1, 0.15) is 0 Å². The van der Waals surface area contributed by atoms with Crippen molar-refractivity contribution in [3.05, 3.63) is 52.3 Å². The number of carbonyl (C=O) groups is 2. The smallest absolute Gasteiger partial charge is 0.331 e. The maximum absolute atomic E-state index is 12.2. The van der Waals surface area contributed by atoms with Crippen LogP contribution >= 0.6 is 11.6 Å². The minimum absolute atomic E-state index is 0.418. The minimum atomic E-state index is -0.942. The number of carbonyl (C=O) groups excluding carboxylic acids is 2. The predicted octanol–water partition coefficient (Wildman–Crippen LogP) is 3.27. The third kappa shape index (κ3) is 4.70. The molecule has 1 atom stereocenters. The first-order valence-electron chi connectivity index (χ1n) is 7.74. The van der Waals surface area contributed by atoms with Gasteiger partial charge >= 0.3 is 5.97 Å². The number of benzene rings is 1. The van der Waals surface area contributed by atoms with Crippen LogP contribution in [0, 0.1) is 13.8 Å². The van der Waals surface area contributed by atoms with Crippen molar-refractivity contribution in [3.63, 3.8) is 0 Å². The highest BCUT2D eigenvalue weighted by Crippen LogP contribution is 2.19. The van der Waals surface area contributed by atoms with Crippen molar-refractivity contribution in [3.8, 4) is 0 Å². The third-order valence-electron chi connectivity index (χ3n) is 3.72. The van der Waals surface area contributed by atoms with Crippen LogP contribution in [0.3, 0.4) is 0 Å². The van der Waals surface area contributed by atoms with Gasteiger partial charge in [0.15, 0.2) is 6.10 Å². The monoisotopic (exact) mass is 361 g/mol. The van der Waals surface area contributed by atoms with Gasteiger partial charge in [-0.1, -0.05) is 29.8 Å². The molecule has 0 spiro atoms. The molecule has 2 aromatic rings. The Labute approximate surface area is 151 Å². The number of hydrogen-bond acceptors (Lipinski definition) is 4. The molecule has 1 aromatic carbocycles. The van der Waals surface area contributed by atoms with E-state index < -0.39 is 18.0 Å². The number of aryl methyl sites for hydroxylation is 2. The summed E-state index contributed by atoms with van der Waals surface area (Å²) in [5.74, 6) is -1.04. The molecule has 0 saturated heterocycles. The van der Waals surface area contributed by atoms with Gasteiger partial charge in [-0.3, -0.25) is 9.48 Å². The Hall–Kier alpha value is -2.60. The standard InChI is InChI=1S/C18H20ClN3O3/c1-11-17(12(2)22(4)21-11)20-18(24)13(3)25-16(23)10-9-14-7-5-6-8-15(14)19/h5-10,13H,1-4H3,(H,20,24)/b10-9+/t13-/m1/s1. The number of hydrogen-bond donors (Lipinski definition) is 1. The van der Waals surface area contributed by atoms with Gasteiger partial charge in [-0.25, -0.2) is 4.79 Å². The molecule has 0 unspecified atom stereocenters. The summed E-state index contributed by atoms with van der Waals surface area (Å²) in [7, 11) is 1.79. The lowest BCUT2D eigenvalue weighted by molar-refractivity contribution is -0.148. The van der Waals surface area contributed by atoms with E-state index in [4.69, 9.17) is 16.3 Å². The van der Waals surface area contributed by atoms with E-state index in [1.165, 1.54) is 13.0 Å². The third-order valence-corrected chi connectivity index (χ3v) is 4.07. The van der Waals surface area contributed by atoms with Gasteiger partial charge in [-0.15, -0.1) is 0 Å². The maximum atomic E-state index is 12.2. The topological polar surface area (TPSA) is 73.2 Å². The number of halogens is 1. The van der Waals surface area contributed by atoms with Crippen LogP contribution in [-0.4, -0.2) is 27.8 Å². The van der Waals surface area contributed by atoms with Crippen LogP contribution in [0.2, 0.25) is 5.02 Å². The van der Waals surface area contributed by atoms with Crippen molar-refractivity contribution in [2.75, 3.05) is 5.32 Å². The molecule has 0 radical (unpaired) electrons. The number of rotatable bonds is 5. The first-order chi connectivity index (χ1) is 11.8. The number of nitrogens with zero attached hydrogens (tertiary/aromatic N) is 2. The first-order valence-corrected chi connectivity index (χ1v) is 8.11. The fourth-order valence-electron chi connectivity index (χ4n) is 2.21. The van der Waals surface area contributed by atoms with Crippen LogP contribution in [0.4, 0.5) is 5.69 Å². The van der Waals surface area contributed by atoms with Gasteiger partial charge in [0.25, 0.3) is 5.91 Å². The lowest BCUT2D eigenvalue weighted by atomic mass is 10.2. The Kier molecular flexibility index (Phi) is 5.98. The van der Waals surface area contributed by atoms with Gasteiger partial charge in [-0.2, -0.15) is 5.10 Å². The molecule has 1 amide bonds. The van der Waals surface area contributed by atoms with Crippen LogP contribution in [0.5, 0.6) is 0 Å². The van der Waals surface area contributed by atoms with Crippen LogP contribution in [-0.2, 0) is 21.4 Å². The molecule has 0 fully saturated rings. The van der Waals surface area contributed by atoms with E-state index >= 15 is 0 Å². The number of ether oxygens (including phenoxy) is 1. The SMILES string of the molecule is Cc1nn(C)c(C)c1NC(=O)[C@@H](C)OC(=O)/C=C/c1ccccc1Cl. The molecule has 7 heteroatoms. The van der Waals surface area contributed by atoms with Gasteiger partial charge < -0.3 is 10.1 Å². The molecule has 2 rings (SSSR count). The van der Waals surface area contributed by atoms with Crippen LogP contribution in [0.1, 0.15) is 23.9 Å². The summed E-state index contributed by atoms with van der Waals surface area (Å²) in [5.41, 5.74) is 2.84. The second-order valence-electron chi connectivity index (χ2n) is 5.59. The van der Waals surface area contributed by atoms with E-state index in [9.17, 15) is 9.59 Å². The van der Waals surface area contributed by atoms with E-state index in [2.05, 4.69) is 10.4 Å². The maximum Gasteiger partial charge on any atom is 0.331 e. The van der Waals surface area contributed by atoms with Crippen molar-refractivity contribution in [1.82, 2.24) is 9.78 Å². The molecule has 0 aliphatic rings. The molecule has 1 heterocycles. The summed E-state index contributed by atoms with van der Waals surface area (Å²) >= 11 is 6.01. The molecule has 6 nitrogen and oxygen atoms in total. The van der Waals surface area contributed by atoms with Crippen molar-refractivity contribution in [1.29, 1.82) is 0 Å². The van der Waals surface area contributed by atoms with Gasteiger partial charge in [-0.05, 0) is 38.5 Å². The lowest BCUT2D eigenvalue weighted by Gasteiger charge is -2.12. The quantitative estimate of drug-likeness (QED) is 0.655. The van der Waals surface area contributed by atoms with E-state index in [0.29, 0.717) is 22.0 Å². The van der Waals surface area contributed by atoms with Gasteiger partial charge in [0.05, 0.1) is 17.1 Å². The van der Waals surface area contributed by atoms with Crippen LogP contribution in [0.25, 0.3) is 6.08 Å². The van der Waals surface area contributed by atoms with Gasteiger partial charge in [0, 0.05) is 18.1 Å². The molecule has 0 aliphatic heterocycles. The highest BCUT2D eigenvalue weighted by atomic mass is 35.5. The van der Waals surface area contributed by atoms with E-state index in [1.54, 1.807) is 42.9 Å². The Morgan fingerprint density at radius 1 is 1.32 bits per heavy atom. The Morgan fingerprint density at radius 3 is 2.60 bits per heavy atom. The molecule has 1 N–H and O–H groups in total. The second-order valence-corrected chi connectivity index (χ2v) is 6.00. The molecular weight excluding hydrogens is 342 g/mol. The molecule has 0 bridgehead atoms. The van der Waals surface area contributed by atoms with Crippen molar-refractivity contribution < 1.29 is 14.3 Å². The summed E-state index contributed by atoms with van der Waals surface area (Å²) in [6, 6.07) is 7.11. The van der Waals surface area contributed by atoms with Crippen LogP contribution in [0.15, 0.2) is 30.3 Å². The largest absolute Gasteiger partial charge is 0.449 e. The average molecular weight is 362 g/mol. The molecule has 132 valence electrons. The zero-order chi connectivity index (χ0) is 18.6. The average Bonchev–Trinajstić information content (AvgIpc) is 2.80. The second kappa shape index (κ2) is 7.98. The Bertz CT molecular complexity index is 827. The van der Waals surface area contributed by atoms with E-state index in [0.717, 1.165) is 5.69 Å². The molecular formula is C18H20ClN3O3. The van der Waals surface area contributed by atoms with Gasteiger partial charge in [0.2, 0.25) is 0 Å². The minimum Gasteiger partial charge on any atom is -0.449 e. The molecule has 0 aliphatic carbocycles. The van der Waals surface area contributed by atoms with Crippen molar-refractivity contribution >= 4 is 35.2 Å². The fraction of sp³-hybridized carbons (Fsp3) is 0.278. The Morgan fingerprint density at radius 2 is 2.00 bits per heavy atom. The zero-order valence-electron chi connectivity index (χ0n) is 14.5. The number of anilines is 1. The summed E-state index contributed by atoms with van der Waals surface area (Å²) < 4.78 is 6.80. The first kappa shape index (κ1) is 18.7. The number of nitrogens with one attached hydrogen (secondary N) is 1. The number of esters is 1. The normalized spacial score (nSPS) is 12.2. The van der Waals surface area contributed by atoms with E-state index in [1.807, 2.05) is 13.0 Å². The molecule has 0 saturated carbocycles. The summed E-state index contributed by atoms with van der Waals surface area (Å²) in [6.07, 6.45) is 1.85. The fourth-order valence-corrected chi connectivity index (χ4v) is 2.41. The highest BCUT2D eigenvalue weighted by molar-refractivity contribution is 6.32. The molecule has 25 heavy (non-hydrogen) atoms. The predicted molar refractivity (Wildman–Crippen MR) is 97.4 cm³/mol. The van der Waals surface area contributed by atoms with Crippen molar-refractivity contribution in [2.45, 2.75) is 26.9 Å².